The fourth-order valence-corrected chi connectivity index (χ4v) is 4.59. The largest absolute Gasteiger partial charge is 0.489 e. The number of thioether (sulfide) groups is 1. The number of ether oxygens (including phenoxy) is 3. The number of nitrogens with zero attached hydrogens (tertiary/aromatic N) is 3. The van der Waals surface area contributed by atoms with E-state index in [1.165, 1.54) is 16.8 Å². The average molecular weight is 483 g/mol. The highest BCUT2D eigenvalue weighted by molar-refractivity contribution is 8.27. The highest BCUT2D eigenvalue weighted by Crippen LogP contribution is 2.36. The van der Waals surface area contributed by atoms with Gasteiger partial charge in [-0.3, -0.25) is 10.2 Å². The summed E-state index contributed by atoms with van der Waals surface area (Å²) in [6.45, 7) is 0.656. The lowest BCUT2D eigenvalue weighted by atomic mass is 10.1. The molecule has 0 fully saturated rings. The first-order valence-electron chi connectivity index (χ1n) is 10.8. The Balaban J connectivity index is 1.19. The molecule has 1 amide bonds. The molecule has 172 valence electrons. The van der Waals surface area contributed by atoms with E-state index in [4.69, 9.17) is 19.6 Å². The maximum Gasteiger partial charge on any atom is 0.283 e. The summed E-state index contributed by atoms with van der Waals surface area (Å²) in [5, 5.41) is 15.5. The van der Waals surface area contributed by atoms with Gasteiger partial charge in [-0.2, -0.15) is 15.1 Å². The van der Waals surface area contributed by atoms with Crippen molar-refractivity contribution < 1.29 is 19.0 Å². The van der Waals surface area contributed by atoms with Gasteiger partial charge in [-0.25, -0.2) is 0 Å². The van der Waals surface area contributed by atoms with E-state index >= 15 is 0 Å². The second-order valence-electron chi connectivity index (χ2n) is 7.84. The number of carbonyl (C=O) groups is 1. The van der Waals surface area contributed by atoms with E-state index in [2.05, 4.69) is 10.1 Å². The van der Waals surface area contributed by atoms with Gasteiger partial charge in [0.15, 0.2) is 17.3 Å². The molecule has 3 aliphatic rings. The molecule has 1 N–H and O–H groups in total. The SMILES string of the molecule is N=C1/C(=C/c2ccc(OCc3ccccc3)cc2)C(=O)N=C2SC(c3ccc4c(c3)OCO4)=NN12. The molecule has 8 nitrogen and oxygen atoms in total. The molecule has 0 unspecified atom stereocenters. The smallest absolute Gasteiger partial charge is 0.283 e. The van der Waals surface area contributed by atoms with Gasteiger partial charge in [0.1, 0.15) is 17.4 Å². The third-order valence-electron chi connectivity index (χ3n) is 5.51. The first-order valence-corrected chi connectivity index (χ1v) is 11.6. The molecule has 0 spiro atoms. The normalized spacial score (nSPS) is 17.4. The zero-order chi connectivity index (χ0) is 23.8. The highest BCUT2D eigenvalue weighted by Gasteiger charge is 2.36. The average Bonchev–Trinajstić information content (AvgIpc) is 3.53. The standard InChI is InChI=1S/C26H18N4O4S/c27-23-20(12-16-6-9-19(10-7-16)32-14-17-4-2-1-3-5-17)24(31)28-26-30(23)29-25(35-26)18-8-11-21-22(13-18)34-15-33-21/h1-13,27H,14-15H2/b20-12-,27-23?. The van der Waals surface area contributed by atoms with Crippen LogP contribution in [0.3, 0.4) is 0 Å². The van der Waals surface area contributed by atoms with Crippen molar-refractivity contribution in [1.82, 2.24) is 5.01 Å². The Hall–Kier alpha value is -4.37. The van der Waals surface area contributed by atoms with Gasteiger partial charge in [0.25, 0.3) is 5.91 Å². The molecule has 3 aliphatic heterocycles. The van der Waals surface area contributed by atoms with E-state index in [-0.39, 0.29) is 18.2 Å². The number of hydrogen-bond acceptors (Lipinski definition) is 7. The number of benzene rings is 3. The number of amides is 1. The van der Waals surface area contributed by atoms with Crippen LogP contribution < -0.4 is 14.2 Å². The van der Waals surface area contributed by atoms with E-state index in [0.717, 1.165) is 22.4 Å². The van der Waals surface area contributed by atoms with E-state index in [1.54, 1.807) is 6.08 Å². The number of carbonyl (C=O) groups excluding carboxylic acids is 1. The number of fused-ring (bicyclic) bond motifs is 2. The second kappa shape index (κ2) is 8.77. The van der Waals surface area contributed by atoms with Crippen LogP contribution >= 0.6 is 11.8 Å². The Bertz CT molecular complexity index is 1430. The quantitative estimate of drug-likeness (QED) is 0.532. The highest BCUT2D eigenvalue weighted by atomic mass is 32.2. The summed E-state index contributed by atoms with van der Waals surface area (Å²) in [6.07, 6.45) is 1.64. The summed E-state index contributed by atoms with van der Waals surface area (Å²) >= 11 is 1.24. The van der Waals surface area contributed by atoms with Crippen molar-refractivity contribution in [3.63, 3.8) is 0 Å². The van der Waals surface area contributed by atoms with Crippen LogP contribution in [-0.2, 0) is 11.4 Å². The molecule has 9 heteroatoms. The van der Waals surface area contributed by atoms with E-state index < -0.39 is 5.91 Å². The van der Waals surface area contributed by atoms with Crippen molar-refractivity contribution in [3.05, 3.63) is 95.1 Å². The van der Waals surface area contributed by atoms with Crippen molar-refractivity contribution in [1.29, 1.82) is 5.41 Å². The molecule has 6 rings (SSSR count). The fraction of sp³-hybridized carbons (Fsp3) is 0.0769. The predicted molar refractivity (Wildman–Crippen MR) is 134 cm³/mol. The molecule has 0 saturated heterocycles. The third-order valence-corrected chi connectivity index (χ3v) is 6.47. The fourth-order valence-electron chi connectivity index (χ4n) is 3.71. The van der Waals surface area contributed by atoms with Gasteiger partial charge in [-0.1, -0.05) is 42.5 Å². The minimum Gasteiger partial charge on any atom is -0.489 e. The third kappa shape index (κ3) is 4.17. The lowest BCUT2D eigenvalue weighted by molar-refractivity contribution is -0.114. The molecule has 3 aromatic carbocycles. The number of amidine groups is 2. The van der Waals surface area contributed by atoms with Crippen LogP contribution in [0.15, 0.2) is 88.5 Å². The molecule has 0 aliphatic carbocycles. The lowest BCUT2D eigenvalue weighted by Gasteiger charge is -2.20. The van der Waals surface area contributed by atoms with Crippen LogP contribution in [0.2, 0.25) is 0 Å². The van der Waals surface area contributed by atoms with Crippen LogP contribution in [0.1, 0.15) is 16.7 Å². The van der Waals surface area contributed by atoms with E-state index in [1.807, 2.05) is 72.8 Å². The van der Waals surface area contributed by atoms with Gasteiger partial charge < -0.3 is 14.2 Å². The Kier molecular flexibility index (Phi) is 5.31. The Labute approximate surface area is 205 Å². The summed E-state index contributed by atoms with van der Waals surface area (Å²) in [7, 11) is 0. The number of hydrazone groups is 1. The maximum atomic E-state index is 12.7. The van der Waals surface area contributed by atoms with Crippen molar-refractivity contribution >= 4 is 39.8 Å². The van der Waals surface area contributed by atoms with E-state index in [9.17, 15) is 4.79 Å². The molecule has 3 aromatic rings. The summed E-state index contributed by atoms with van der Waals surface area (Å²) < 4.78 is 16.6. The van der Waals surface area contributed by atoms with Crippen LogP contribution in [0.4, 0.5) is 0 Å². The van der Waals surface area contributed by atoms with Gasteiger partial charge in [0.05, 0.1) is 5.57 Å². The minimum absolute atomic E-state index is 0.0207. The molecule has 35 heavy (non-hydrogen) atoms. The summed E-state index contributed by atoms with van der Waals surface area (Å²) in [6, 6.07) is 22.8. The predicted octanol–water partition coefficient (Wildman–Crippen LogP) is 4.66. The molecule has 0 aromatic heterocycles. The number of hydrogen-bond donors (Lipinski definition) is 1. The van der Waals surface area contributed by atoms with E-state index in [0.29, 0.717) is 28.3 Å². The van der Waals surface area contributed by atoms with Crippen LogP contribution in [0.25, 0.3) is 6.08 Å². The number of rotatable bonds is 5. The summed E-state index contributed by atoms with van der Waals surface area (Å²) in [5.74, 6) is 1.54. The topological polar surface area (TPSA) is 96.6 Å². The van der Waals surface area contributed by atoms with Crippen molar-refractivity contribution in [2.75, 3.05) is 6.79 Å². The van der Waals surface area contributed by atoms with Crippen LogP contribution in [0.5, 0.6) is 17.2 Å². The molecule has 0 atom stereocenters. The van der Waals surface area contributed by atoms with Gasteiger partial charge >= 0.3 is 0 Å². The first kappa shape index (κ1) is 21.2. The molecule has 0 saturated carbocycles. The molecular weight excluding hydrogens is 464 g/mol. The van der Waals surface area contributed by atoms with Crippen molar-refractivity contribution in [3.8, 4) is 17.2 Å². The monoisotopic (exact) mass is 482 g/mol. The van der Waals surface area contributed by atoms with Gasteiger partial charge in [-0.05, 0) is 59.3 Å². The number of aliphatic imine (C=N–C) groups is 1. The second-order valence-corrected chi connectivity index (χ2v) is 8.79. The Morgan fingerprint density at radius 2 is 1.83 bits per heavy atom. The minimum atomic E-state index is -0.472. The van der Waals surface area contributed by atoms with Crippen LogP contribution in [0, 0.1) is 5.41 Å². The van der Waals surface area contributed by atoms with Gasteiger partial charge in [-0.15, -0.1) is 0 Å². The Morgan fingerprint density at radius 1 is 1.03 bits per heavy atom. The molecule has 0 radical (unpaired) electrons. The van der Waals surface area contributed by atoms with Crippen LogP contribution in [-0.4, -0.2) is 33.8 Å². The van der Waals surface area contributed by atoms with Crippen molar-refractivity contribution in [2.24, 2.45) is 10.1 Å². The zero-order valence-electron chi connectivity index (χ0n) is 18.3. The molecular formula is C26H18N4O4S. The summed E-state index contributed by atoms with van der Waals surface area (Å²) in [5.41, 5.74) is 2.81. The first-order chi connectivity index (χ1) is 17.1. The lowest BCUT2D eigenvalue weighted by Crippen LogP contribution is -2.35. The summed E-state index contributed by atoms with van der Waals surface area (Å²) in [4.78, 5) is 16.9. The van der Waals surface area contributed by atoms with Gasteiger partial charge in [0.2, 0.25) is 12.0 Å². The van der Waals surface area contributed by atoms with Crippen molar-refractivity contribution in [2.45, 2.75) is 6.61 Å². The van der Waals surface area contributed by atoms with Gasteiger partial charge in [0, 0.05) is 5.56 Å². The zero-order valence-corrected chi connectivity index (χ0v) is 19.1. The molecule has 3 heterocycles. The maximum absolute atomic E-state index is 12.7. The number of nitrogens with one attached hydrogen (secondary N) is 1. The Morgan fingerprint density at radius 3 is 2.66 bits per heavy atom. The molecule has 0 bridgehead atoms.